The van der Waals surface area contributed by atoms with Gasteiger partial charge in [-0.15, -0.1) is 0 Å². The van der Waals surface area contributed by atoms with Crippen LogP contribution in [0.25, 0.3) is 11.0 Å². The second-order valence-electron chi connectivity index (χ2n) is 9.91. The molecule has 1 amide bonds. The van der Waals surface area contributed by atoms with E-state index in [9.17, 15) is 14.7 Å². The van der Waals surface area contributed by atoms with E-state index in [1.54, 1.807) is 12.1 Å². The van der Waals surface area contributed by atoms with Crippen LogP contribution in [0.2, 0.25) is 0 Å². The fraction of sp³-hybridized carbons (Fsp3) is 0.565. The van der Waals surface area contributed by atoms with Gasteiger partial charge < -0.3 is 14.4 Å². The number of amides is 1. The SMILES string of the molecule is Cc1c(CCC(=O)N2C[C@]3(C)C[C@@H]2CC(C)(C)C3)c(=O)oc2cc(O)ccc12. The molecule has 28 heavy (non-hydrogen) atoms. The Bertz CT molecular complexity index is 1010. The van der Waals surface area contributed by atoms with Gasteiger partial charge in [0, 0.05) is 36.0 Å². The third-order valence-corrected chi connectivity index (χ3v) is 6.59. The largest absolute Gasteiger partial charge is 0.508 e. The van der Waals surface area contributed by atoms with E-state index in [2.05, 4.69) is 25.7 Å². The monoisotopic (exact) mass is 383 g/mol. The summed E-state index contributed by atoms with van der Waals surface area (Å²) in [7, 11) is 0. The third-order valence-electron chi connectivity index (χ3n) is 6.59. The number of hydrogen-bond donors (Lipinski definition) is 1. The number of aryl methyl sites for hydroxylation is 1. The van der Waals surface area contributed by atoms with Crippen LogP contribution >= 0.6 is 0 Å². The molecule has 1 aliphatic heterocycles. The number of rotatable bonds is 3. The molecule has 0 radical (unpaired) electrons. The molecule has 1 saturated carbocycles. The zero-order valence-electron chi connectivity index (χ0n) is 17.2. The van der Waals surface area contributed by atoms with Crippen molar-refractivity contribution >= 4 is 16.9 Å². The zero-order valence-corrected chi connectivity index (χ0v) is 17.2. The smallest absolute Gasteiger partial charge is 0.339 e. The molecular weight excluding hydrogens is 354 g/mol. The number of hydrogen-bond acceptors (Lipinski definition) is 4. The van der Waals surface area contributed by atoms with Gasteiger partial charge in [0.15, 0.2) is 0 Å². The number of phenols is 1. The zero-order chi connectivity index (χ0) is 20.3. The summed E-state index contributed by atoms with van der Waals surface area (Å²) in [5, 5.41) is 10.4. The number of likely N-dealkylation sites (tertiary alicyclic amines) is 1. The van der Waals surface area contributed by atoms with Crippen LogP contribution in [0.5, 0.6) is 5.75 Å². The normalized spacial score (nSPS) is 26.0. The summed E-state index contributed by atoms with van der Waals surface area (Å²) in [6, 6.07) is 5.10. The molecule has 0 spiro atoms. The molecule has 150 valence electrons. The maximum atomic E-state index is 13.0. The van der Waals surface area contributed by atoms with Crippen molar-refractivity contribution < 1.29 is 14.3 Å². The molecule has 1 saturated heterocycles. The maximum absolute atomic E-state index is 13.0. The Morgan fingerprint density at radius 3 is 2.79 bits per heavy atom. The Kier molecular flexibility index (Phi) is 4.32. The predicted molar refractivity (Wildman–Crippen MR) is 108 cm³/mol. The second-order valence-corrected chi connectivity index (χ2v) is 9.91. The van der Waals surface area contributed by atoms with Gasteiger partial charge in [0.25, 0.3) is 0 Å². The van der Waals surface area contributed by atoms with E-state index < -0.39 is 5.63 Å². The number of carbonyl (C=O) groups excluding carboxylic acids is 1. The maximum Gasteiger partial charge on any atom is 0.339 e. The molecule has 4 rings (SSSR count). The number of nitrogens with zero attached hydrogens (tertiary/aromatic N) is 1. The Balaban J connectivity index is 1.53. The standard InChI is InChI=1S/C23H29NO4/c1-14-17-6-5-16(25)9-19(17)28-21(27)18(14)7-8-20(26)24-13-23(4)11-15(24)10-22(2,3)12-23/h5-6,9,15,25H,7-8,10-13H2,1-4H3/t15-,23+/m0/s1. The van der Waals surface area contributed by atoms with Gasteiger partial charge in [0.05, 0.1) is 0 Å². The molecule has 0 unspecified atom stereocenters. The van der Waals surface area contributed by atoms with Crippen LogP contribution in [-0.2, 0) is 11.2 Å². The van der Waals surface area contributed by atoms with Gasteiger partial charge in [0.2, 0.25) is 5.91 Å². The van der Waals surface area contributed by atoms with E-state index in [4.69, 9.17) is 4.42 Å². The van der Waals surface area contributed by atoms with Crippen LogP contribution in [0.4, 0.5) is 0 Å². The van der Waals surface area contributed by atoms with Gasteiger partial charge >= 0.3 is 5.63 Å². The fourth-order valence-corrected chi connectivity index (χ4v) is 5.80. The summed E-state index contributed by atoms with van der Waals surface area (Å²) in [6.07, 6.45) is 3.99. The van der Waals surface area contributed by atoms with Crippen molar-refractivity contribution in [1.82, 2.24) is 4.90 Å². The van der Waals surface area contributed by atoms with Gasteiger partial charge in [-0.05, 0) is 61.1 Å². The summed E-state index contributed by atoms with van der Waals surface area (Å²) >= 11 is 0. The summed E-state index contributed by atoms with van der Waals surface area (Å²) in [4.78, 5) is 27.5. The first-order chi connectivity index (χ1) is 13.1. The molecular formula is C23H29NO4. The molecule has 5 heteroatoms. The van der Waals surface area contributed by atoms with Crippen LogP contribution in [0.1, 0.15) is 57.6 Å². The predicted octanol–water partition coefficient (Wildman–Crippen LogP) is 4.17. The number of aromatic hydroxyl groups is 1. The van der Waals surface area contributed by atoms with Crippen molar-refractivity contribution in [1.29, 1.82) is 0 Å². The molecule has 2 bridgehead atoms. The molecule has 5 nitrogen and oxygen atoms in total. The lowest BCUT2D eigenvalue weighted by atomic mass is 9.65. The van der Waals surface area contributed by atoms with Gasteiger partial charge in [-0.1, -0.05) is 20.8 Å². The molecule has 2 aromatic rings. The van der Waals surface area contributed by atoms with E-state index in [1.807, 2.05) is 6.92 Å². The first kappa shape index (κ1) is 19.0. The number of phenolic OH excluding ortho intramolecular Hbond substituents is 1. The highest BCUT2D eigenvalue weighted by Gasteiger charge is 2.50. The van der Waals surface area contributed by atoms with E-state index >= 15 is 0 Å². The topological polar surface area (TPSA) is 70.8 Å². The lowest BCUT2D eigenvalue weighted by Gasteiger charge is -2.39. The minimum absolute atomic E-state index is 0.0644. The van der Waals surface area contributed by atoms with E-state index in [0.717, 1.165) is 36.8 Å². The Morgan fingerprint density at radius 2 is 2.04 bits per heavy atom. The van der Waals surface area contributed by atoms with Crippen LogP contribution < -0.4 is 5.63 Å². The van der Waals surface area contributed by atoms with Gasteiger partial charge in [-0.3, -0.25) is 4.79 Å². The molecule has 1 N–H and O–H groups in total. The van der Waals surface area contributed by atoms with Gasteiger partial charge in [-0.2, -0.15) is 0 Å². The van der Waals surface area contributed by atoms with Gasteiger partial charge in [-0.25, -0.2) is 4.79 Å². The van der Waals surface area contributed by atoms with Crippen molar-refractivity contribution in [2.45, 2.75) is 65.8 Å². The molecule has 2 fully saturated rings. The first-order valence-corrected chi connectivity index (χ1v) is 10.1. The summed E-state index contributed by atoms with van der Waals surface area (Å²) < 4.78 is 5.38. The fourth-order valence-electron chi connectivity index (χ4n) is 5.80. The van der Waals surface area contributed by atoms with Crippen molar-refractivity contribution in [2.75, 3.05) is 6.54 Å². The Morgan fingerprint density at radius 1 is 1.29 bits per heavy atom. The molecule has 1 aliphatic carbocycles. The first-order valence-electron chi connectivity index (χ1n) is 10.1. The molecule has 2 heterocycles. The van der Waals surface area contributed by atoms with Gasteiger partial charge in [0.1, 0.15) is 11.3 Å². The number of carbonyl (C=O) groups is 1. The molecule has 1 aromatic heterocycles. The second kappa shape index (κ2) is 6.36. The minimum Gasteiger partial charge on any atom is -0.508 e. The molecule has 2 aliphatic rings. The lowest BCUT2D eigenvalue weighted by molar-refractivity contribution is -0.132. The van der Waals surface area contributed by atoms with Crippen LogP contribution in [0.15, 0.2) is 27.4 Å². The average molecular weight is 383 g/mol. The van der Waals surface area contributed by atoms with Crippen LogP contribution in [-0.4, -0.2) is 28.5 Å². The third kappa shape index (κ3) is 3.31. The molecule has 1 aromatic carbocycles. The highest BCUT2D eigenvalue weighted by atomic mass is 16.4. The van der Waals surface area contributed by atoms with Crippen molar-refractivity contribution in [3.8, 4) is 5.75 Å². The quantitative estimate of drug-likeness (QED) is 0.808. The summed E-state index contributed by atoms with van der Waals surface area (Å²) in [6.45, 7) is 9.60. The van der Waals surface area contributed by atoms with Crippen molar-refractivity contribution in [2.24, 2.45) is 10.8 Å². The van der Waals surface area contributed by atoms with E-state index in [0.29, 0.717) is 30.0 Å². The van der Waals surface area contributed by atoms with E-state index in [1.165, 1.54) is 6.07 Å². The number of fused-ring (bicyclic) bond motifs is 3. The lowest BCUT2D eigenvalue weighted by Crippen LogP contribution is -2.38. The summed E-state index contributed by atoms with van der Waals surface area (Å²) in [5.74, 6) is 0.200. The van der Waals surface area contributed by atoms with Crippen molar-refractivity contribution in [3.05, 3.63) is 39.7 Å². The number of benzene rings is 1. The summed E-state index contributed by atoms with van der Waals surface area (Å²) in [5.41, 5.74) is 1.82. The average Bonchev–Trinajstić information content (AvgIpc) is 2.83. The molecule has 2 atom stereocenters. The Labute approximate surface area is 165 Å². The van der Waals surface area contributed by atoms with E-state index in [-0.39, 0.29) is 22.5 Å². The highest BCUT2D eigenvalue weighted by Crippen LogP contribution is 2.52. The van der Waals surface area contributed by atoms with Crippen molar-refractivity contribution in [3.63, 3.8) is 0 Å². The van der Waals surface area contributed by atoms with Crippen LogP contribution in [0.3, 0.4) is 0 Å². The van der Waals surface area contributed by atoms with Crippen LogP contribution in [0, 0.1) is 17.8 Å². The minimum atomic E-state index is -0.420. The Hall–Kier alpha value is -2.30. The highest BCUT2D eigenvalue weighted by molar-refractivity contribution is 5.82.